The summed E-state index contributed by atoms with van der Waals surface area (Å²) in [6.07, 6.45) is 0. The van der Waals surface area contributed by atoms with Gasteiger partial charge in [0.05, 0.1) is 6.54 Å². The molecule has 0 atom stereocenters. The molecule has 0 heterocycles. The van der Waals surface area contributed by atoms with Crippen LogP contribution in [0.4, 0.5) is 0 Å². The van der Waals surface area contributed by atoms with Gasteiger partial charge in [0.15, 0.2) is 0 Å². The second-order valence-electron chi connectivity index (χ2n) is 1.70. The van der Waals surface area contributed by atoms with Gasteiger partial charge in [-0.25, -0.2) is 0 Å². The average molecular weight is 182 g/mol. The van der Waals surface area contributed by atoms with E-state index in [1.807, 2.05) is 6.92 Å². The maximum atomic E-state index is 10.0. The Bertz CT molecular complexity index is 95.6. The molecule has 0 aromatic heterocycles. The number of hydrogen-bond acceptors (Lipinski definition) is 2. The fourth-order valence-electron chi connectivity index (χ4n) is 0.471. The van der Waals surface area contributed by atoms with Crippen molar-refractivity contribution in [3.05, 3.63) is 5.73 Å². The summed E-state index contributed by atoms with van der Waals surface area (Å²) in [5, 5.41) is 8.22. The van der Waals surface area contributed by atoms with Crippen molar-refractivity contribution >= 4 is 5.97 Å². The van der Waals surface area contributed by atoms with E-state index in [1.165, 1.54) is 4.90 Å². The van der Waals surface area contributed by atoms with Gasteiger partial charge >= 0.3 is 5.97 Å². The average Bonchev–Trinajstić information content (AvgIpc) is 1.82. The van der Waals surface area contributed by atoms with Crippen LogP contribution in [0.25, 0.3) is 5.73 Å². The standard InChI is InChI=1S/C5H11N2O2.V/c1-2-7(4-6)3-5(8)9;/h6H,2-4H2,1H3,(H,8,9);/q-1;. The summed E-state index contributed by atoms with van der Waals surface area (Å²) < 4.78 is 0. The van der Waals surface area contributed by atoms with E-state index < -0.39 is 5.97 Å². The van der Waals surface area contributed by atoms with E-state index in [2.05, 4.69) is 0 Å². The second kappa shape index (κ2) is 7.09. The Labute approximate surface area is 72.3 Å². The molecule has 0 saturated carbocycles. The molecule has 4 nitrogen and oxygen atoms in total. The molecule has 59 valence electrons. The van der Waals surface area contributed by atoms with Gasteiger partial charge in [-0.05, 0) is 6.54 Å². The summed E-state index contributed by atoms with van der Waals surface area (Å²) >= 11 is 0. The van der Waals surface area contributed by atoms with Gasteiger partial charge in [-0.1, -0.05) is 13.6 Å². The zero-order valence-corrected chi connectivity index (χ0v) is 7.27. The second-order valence-corrected chi connectivity index (χ2v) is 1.70. The zero-order valence-electron chi connectivity index (χ0n) is 5.87. The van der Waals surface area contributed by atoms with Crippen LogP contribution in [0.5, 0.6) is 0 Å². The Morgan fingerprint density at radius 3 is 2.30 bits per heavy atom. The monoisotopic (exact) mass is 182 g/mol. The molecule has 0 spiro atoms. The number of hydrogen-bond donors (Lipinski definition) is 1. The normalized spacial score (nSPS) is 9.10. The maximum Gasteiger partial charge on any atom is 0.317 e. The van der Waals surface area contributed by atoms with Crippen molar-refractivity contribution in [3.8, 4) is 0 Å². The van der Waals surface area contributed by atoms with E-state index in [1.54, 1.807) is 0 Å². The number of carboxylic acids is 1. The fourth-order valence-corrected chi connectivity index (χ4v) is 0.471. The molecule has 1 radical (unpaired) electrons. The van der Waals surface area contributed by atoms with Gasteiger partial charge in [-0.3, -0.25) is 4.79 Å². The Hall–Kier alpha value is -0.0256. The van der Waals surface area contributed by atoms with E-state index in [0.29, 0.717) is 6.54 Å². The van der Waals surface area contributed by atoms with Crippen molar-refractivity contribution in [1.82, 2.24) is 4.90 Å². The van der Waals surface area contributed by atoms with Gasteiger partial charge in [0.2, 0.25) is 0 Å². The van der Waals surface area contributed by atoms with Gasteiger partial charge in [0.25, 0.3) is 0 Å². The number of nitrogens with zero attached hydrogens (tertiary/aromatic N) is 1. The number of carbonyl (C=O) groups is 1. The first kappa shape index (κ1) is 12.6. The zero-order chi connectivity index (χ0) is 7.28. The van der Waals surface area contributed by atoms with Crippen LogP contribution in [0.3, 0.4) is 0 Å². The predicted octanol–water partition coefficient (Wildman–Crippen LogP) is 0.400. The Morgan fingerprint density at radius 1 is 1.70 bits per heavy atom. The molecule has 0 aromatic carbocycles. The molecule has 0 unspecified atom stereocenters. The Kier molecular flexibility index (Phi) is 8.95. The van der Waals surface area contributed by atoms with Crippen molar-refractivity contribution < 1.29 is 28.5 Å². The van der Waals surface area contributed by atoms with Crippen LogP contribution in [-0.2, 0) is 23.4 Å². The molecule has 0 aliphatic heterocycles. The summed E-state index contributed by atoms with van der Waals surface area (Å²) in [5.74, 6) is -0.871. The number of aliphatic carboxylic acids is 1. The van der Waals surface area contributed by atoms with Crippen molar-refractivity contribution in [3.63, 3.8) is 0 Å². The largest absolute Gasteiger partial charge is 0.665 e. The molecular formula is C5H11N2O2V-. The molecule has 0 rings (SSSR count). The quantitative estimate of drug-likeness (QED) is 0.684. The fraction of sp³-hybridized carbons (Fsp3) is 0.800. The Morgan fingerprint density at radius 2 is 2.20 bits per heavy atom. The first-order valence-electron chi connectivity index (χ1n) is 2.79. The summed E-state index contributed by atoms with van der Waals surface area (Å²) in [4.78, 5) is 11.5. The van der Waals surface area contributed by atoms with Crippen LogP contribution in [0.2, 0.25) is 0 Å². The van der Waals surface area contributed by atoms with E-state index in [9.17, 15) is 4.79 Å². The molecule has 0 saturated heterocycles. The van der Waals surface area contributed by atoms with Gasteiger partial charge in [0, 0.05) is 18.6 Å². The molecule has 5 heteroatoms. The number of nitrogens with one attached hydrogen (secondary N) is 1. The van der Waals surface area contributed by atoms with E-state index in [0.717, 1.165) is 0 Å². The minimum Gasteiger partial charge on any atom is -0.665 e. The molecule has 0 aromatic rings. The molecule has 0 fully saturated rings. The van der Waals surface area contributed by atoms with Crippen LogP contribution in [0, 0.1) is 0 Å². The summed E-state index contributed by atoms with van der Waals surface area (Å²) in [5.41, 5.74) is 6.82. The van der Waals surface area contributed by atoms with Gasteiger partial charge < -0.3 is 15.7 Å². The van der Waals surface area contributed by atoms with Crippen LogP contribution in [0.1, 0.15) is 6.92 Å². The van der Waals surface area contributed by atoms with Gasteiger partial charge in [-0.2, -0.15) is 0 Å². The van der Waals surface area contributed by atoms with Gasteiger partial charge in [-0.15, -0.1) is 0 Å². The topological polar surface area (TPSA) is 64.3 Å². The van der Waals surface area contributed by atoms with E-state index >= 15 is 0 Å². The summed E-state index contributed by atoms with van der Waals surface area (Å²) in [6, 6.07) is 0. The SMILES string of the molecule is CCN(C[NH-])CC(=O)O.[V]. The third kappa shape index (κ3) is 6.10. The van der Waals surface area contributed by atoms with Crippen molar-refractivity contribution in [2.45, 2.75) is 6.92 Å². The van der Waals surface area contributed by atoms with Crippen molar-refractivity contribution in [2.24, 2.45) is 0 Å². The minimum absolute atomic E-state index is 0. The smallest absolute Gasteiger partial charge is 0.317 e. The van der Waals surface area contributed by atoms with Crippen molar-refractivity contribution in [2.75, 3.05) is 19.8 Å². The van der Waals surface area contributed by atoms with Gasteiger partial charge in [0.1, 0.15) is 0 Å². The molecule has 0 aliphatic rings. The van der Waals surface area contributed by atoms with Crippen LogP contribution in [-0.4, -0.2) is 35.7 Å². The molecule has 0 bridgehead atoms. The number of carboxylic acid groups (broad SMARTS) is 1. The van der Waals surface area contributed by atoms with Crippen molar-refractivity contribution in [1.29, 1.82) is 0 Å². The predicted molar refractivity (Wildman–Crippen MR) is 34.1 cm³/mol. The van der Waals surface area contributed by atoms with Crippen LogP contribution < -0.4 is 0 Å². The summed E-state index contributed by atoms with van der Waals surface area (Å²) in [6.45, 7) is 2.48. The third-order valence-electron chi connectivity index (χ3n) is 1.03. The maximum absolute atomic E-state index is 10.0. The summed E-state index contributed by atoms with van der Waals surface area (Å²) in [7, 11) is 0. The first-order chi connectivity index (χ1) is 4.20. The number of rotatable bonds is 4. The number of likely N-dealkylation sites (N-methyl/N-ethyl adjacent to an activating group) is 1. The molecule has 2 N–H and O–H groups in total. The van der Waals surface area contributed by atoms with E-state index in [-0.39, 0.29) is 31.8 Å². The molecular weight excluding hydrogens is 171 g/mol. The third-order valence-corrected chi connectivity index (χ3v) is 1.03. The van der Waals surface area contributed by atoms with E-state index in [4.69, 9.17) is 10.8 Å². The van der Waals surface area contributed by atoms with Crippen LogP contribution in [0.15, 0.2) is 0 Å². The molecule has 10 heavy (non-hydrogen) atoms. The van der Waals surface area contributed by atoms with Crippen LogP contribution >= 0.6 is 0 Å². The Balaban J connectivity index is 0. The molecule has 0 amide bonds. The molecule has 0 aliphatic carbocycles. The minimum atomic E-state index is -0.871. The first-order valence-corrected chi connectivity index (χ1v) is 2.79.